The number of ether oxygens (including phenoxy) is 2. The van der Waals surface area contributed by atoms with Gasteiger partial charge in [0.2, 0.25) is 0 Å². The Morgan fingerprint density at radius 2 is 1.85 bits per heavy atom. The van der Waals surface area contributed by atoms with Crippen LogP contribution in [0.25, 0.3) is 0 Å². The lowest BCUT2D eigenvalue weighted by Gasteiger charge is -2.32. The Labute approximate surface area is 120 Å². The van der Waals surface area contributed by atoms with Gasteiger partial charge in [0.1, 0.15) is 6.10 Å². The van der Waals surface area contributed by atoms with Gasteiger partial charge in [-0.2, -0.15) is 0 Å². The van der Waals surface area contributed by atoms with Crippen LogP contribution < -0.4 is 0 Å². The normalized spacial score (nSPS) is 24.2. The van der Waals surface area contributed by atoms with Crippen molar-refractivity contribution in [1.82, 2.24) is 4.90 Å². The Kier molecular flexibility index (Phi) is 5.68. The molecule has 5 nitrogen and oxygen atoms in total. The van der Waals surface area contributed by atoms with E-state index < -0.39 is 0 Å². The third-order valence-electron chi connectivity index (χ3n) is 4.12. The molecule has 0 aromatic carbocycles. The van der Waals surface area contributed by atoms with Gasteiger partial charge in [0, 0.05) is 13.1 Å². The molecule has 0 spiro atoms. The quantitative estimate of drug-likeness (QED) is 0.747. The maximum absolute atomic E-state index is 12.2. The van der Waals surface area contributed by atoms with Crippen molar-refractivity contribution in [3.8, 4) is 0 Å². The van der Waals surface area contributed by atoms with Crippen LogP contribution in [0.4, 0.5) is 4.79 Å². The van der Waals surface area contributed by atoms with Crippen LogP contribution in [0, 0.1) is 5.92 Å². The number of carbonyl (C=O) groups excluding carboxylic acids is 2. The first kappa shape index (κ1) is 15.1. The molecule has 1 atom stereocenters. The zero-order valence-corrected chi connectivity index (χ0v) is 12.3. The second-order valence-electron chi connectivity index (χ2n) is 5.68. The molecular formula is C15H25NO4. The van der Waals surface area contributed by atoms with Crippen LogP contribution in [0.3, 0.4) is 0 Å². The summed E-state index contributed by atoms with van der Waals surface area (Å²) in [4.78, 5) is 25.5. The monoisotopic (exact) mass is 283 g/mol. The van der Waals surface area contributed by atoms with Gasteiger partial charge in [0.15, 0.2) is 0 Å². The minimum absolute atomic E-state index is 0.0919. The number of hydrogen-bond acceptors (Lipinski definition) is 4. The average molecular weight is 283 g/mol. The number of amides is 1. The van der Waals surface area contributed by atoms with Crippen LogP contribution in [-0.4, -0.2) is 42.8 Å². The summed E-state index contributed by atoms with van der Waals surface area (Å²) < 4.78 is 10.6. The Morgan fingerprint density at radius 1 is 1.10 bits per heavy atom. The molecule has 1 saturated carbocycles. The molecule has 0 aromatic heterocycles. The lowest BCUT2D eigenvalue weighted by molar-refractivity contribution is -0.157. The lowest BCUT2D eigenvalue weighted by atomic mass is 9.96. The molecule has 0 radical (unpaired) electrons. The molecule has 1 amide bonds. The first-order valence-electron chi connectivity index (χ1n) is 7.83. The molecule has 0 N–H and O–H groups in total. The fourth-order valence-electron chi connectivity index (χ4n) is 2.99. The van der Waals surface area contributed by atoms with Crippen LogP contribution in [0.15, 0.2) is 0 Å². The predicted molar refractivity (Wildman–Crippen MR) is 74.3 cm³/mol. The van der Waals surface area contributed by atoms with E-state index in [0.717, 1.165) is 38.5 Å². The summed E-state index contributed by atoms with van der Waals surface area (Å²) >= 11 is 0. The van der Waals surface area contributed by atoms with Crippen molar-refractivity contribution >= 4 is 12.1 Å². The molecule has 1 aliphatic heterocycles. The van der Waals surface area contributed by atoms with Gasteiger partial charge in [-0.25, -0.2) is 4.79 Å². The highest BCUT2D eigenvalue weighted by Gasteiger charge is 2.31. The van der Waals surface area contributed by atoms with E-state index in [0.29, 0.717) is 19.7 Å². The first-order valence-corrected chi connectivity index (χ1v) is 7.83. The molecule has 5 heteroatoms. The topological polar surface area (TPSA) is 55.8 Å². The predicted octanol–water partition coefficient (Wildman–Crippen LogP) is 2.73. The first-order chi connectivity index (χ1) is 9.70. The molecule has 1 saturated heterocycles. The summed E-state index contributed by atoms with van der Waals surface area (Å²) in [6, 6.07) is 0. The standard InChI is InChI=1S/C15H25NO4/c1-2-19-15(18)16-10-6-7-12(11-16)14(17)20-13-8-4-3-5-9-13/h12-13H,2-11H2,1H3. The second-order valence-corrected chi connectivity index (χ2v) is 5.68. The molecule has 0 aromatic rings. The molecular weight excluding hydrogens is 258 g/mol. The highest BCUT2D eigenvalue weighted by molar-refractivity contribution is 5.75. The van der Waals surface area contributed by atoms with Crippen molar-refractivity contribution in [1.29, 1.82) is 0 Å². The number of likely N-dealkylation sites (tertiary alicyclic amines) is 1. The molecule has 1 unspecified atom stereocenters. The fourth-order valence-corrected chi connectivity index (χ4v) is 2.99. The van der Waals surface area contributed by atoms with Gasteiger partial charge in [-0.1, -0.05) is 6.42 Å². The Balaban J connectivity index is 1.81. The number of carbonyl (C=O) groups is 2. The molecule has 114 valence electrons. The Morgan fingerprint density at radius 3 is 2.55 bits per heavy atom. The van der Waals surface area contributed by atoms with Gasteiger partial charge in [-0.05, 0) is 45.4 Å². The lowest BCUT2D eigenvalue weighted by Crippen LogP contribution is -2.43. The van der Waals surface area contributed by atoms with E-state index >= 15 is 0 Å². The number of esters is 1. The number of rotatable bonds is 3. The molecule has 2 aliphatic rings. The molecule has 2 fully saturated rings. The van der Waals surface area contributed by atoms with Crippen molar-refractivity contribution in [2.75, 3.05) is 19.7 Å². The minimum atomic E-state index is -0.317. The van der Waals surface area contributed by atoms with Crippen molar-refractivity contribution in [3.63, 3.8) is 0 Å². The summed E-state index contributed by atoms with van der Waals surface area (Å²) in [7, 11) is 0. The van der Waals surface area contributed by atoms with Crippen molar-refractivity contribution in [2.45, 2.75) is 58.0 Å². The molecule has 2 rings (SSSR count). The van der Waals surface area contributed by atoms with Crippen LogP contribution in [0.5, 0.6) is 0 Å². The second kappa shape index (κ2) is 7.50. The summed E-state index contributed by atoms with van der Waals surface area (Å²) in [6.07, 6.45) is 6.94. The van der Waals surface area contributed by atoms with Gasteiger partial charge in [0.25, 0.3) is 0 Å². The van der Waals surface area contributed by atoms with Crippen molar-refractivity contribution in [2.24, 2.45) is 5.92 Å². The summed E-state index contributed by atoms with van der Waals surface area (Å²) in [6.45, 7) is 3.26. The minimum Gasteiger partial charge on any atom is -0.462 e. The van der Waals surface area contributed by atoms with E-state index in [-0.39, 0.29) is 24.1 Å². The van der Waals surface area contributed by atoms with Crippen LogP contribution >= 0.6 is 0 Å². The third kappa shape index (κ3) is 4.12. The van der Waals surface area contributed by atoms with E-state index in [1.807, 2.05) is 0 Å². The van der Waals surface area contributed by atoms with Gasteiger partial charge in [-0.15, -0.1) is 0 Å². The van der Waals surface area contributed by atoms with Crippen LogP contribution in [0.1, 0.15) is 51.9 Å². The zero-order chi connectivity index (χ0) is 14.4. The average Bonchev–Trinajstić information content (AvgIpc) is 2.48. The molecule has 1 aliphatic carbocycles. The van der Waals surface area contributed by atoms with E-state index in [1.54, 1.807) is 11.8 Å². The summed E-state index contributed by atoms with van der Waals surface area (Å²) in [5.74, 6) is -0.319. The fraction of sp³-hybridized carbons (Fsp3) is 0.867. The van der Waals surface area contributed by atoms with Gasteiger partial charge in [0.05, 0.1) is 12.5 Å². The highest BCUT2D eigenvalue weighted by atomic mass is 16.6. The summed E-state index contributed by atoms with van der Waals surface area (Å²) in [5.41, 5.74) is 0. The van der Waals surface area contributed by atoms with Crippen LogP contribution in [0.2, 0.25) is 0 Å². The highest BCUT2D eigenvalue weighted by Crippen LogP contribution is 2.24. The number of hydrogen-bond donors (Lipinski definition) is 0. The number of piperidine rings is 1. The van der Waals surface area contributed by atoms with E-state index in [1.165, 1.54) is 6.42 Å². The zero-order valence-electron chi connectivity index (χ0n) is 12.3. The van der Waals surface area contributed by atoms with Crippen molar-refractivity contribution < 1.29 is 19.1 Å². The Bertz CT molecular complexity index is 339. The maximum Gasteiger partial charge on any atom is 0.409 e. The molecule has 1 heterocycles. The van der Waals surface area contributed by atoms with E-state index in [9.17, 15) is 9.59 Å². The van der Waals surface area contributed by atoms with Gasteiger partial charge < -0.3 is 14.4 Å². The smallest absolute Gasteiger partial charge is 0.409 e. The van der Waals surface area contributed by atoms with Gasteiger partial charge >= 0.3 is 12.1 Å². The maximum atomic E-state index is 12.2. The van der Waals surface area contributed by atoms with Crippen LogP contribution in [-0.2, 0) is 14.3 Å². The Hall–Kier alpha value is -1.26. The van der Waals surface area contributed by atoms with Crippen molar-refractivity contribution in [3.05, 3.63) is 0 Å². The van der Waals surface area contributed by atoms with E-state index in [4.69, 9.17) is 9.47 Å². The summed E-state index contributed by atoms with van der Waals surface area (Å²) in [5, 5.41) is 0. The molecule has 0 bridgehead atoms. The van der Waals surface area contributed by atoms with Gasteiger partial charge in [-0.3, -0.25) is 4.79 Å². The SMILES string of the molecule is CCOC(=O)N1CCCC(C(=O)OC2CCCCC2)C1. The number of nitrogens with zero attached hydrogens (tertiary/aromatic N) is 1. The van der Waals surface area contributed by atoms with E-state index in [2.05, 4.69) is 0 Å². The largest absolute Gasteiger partial charge is 0.462 e. The third-order valence-corrected chi connectivity index (χ3v) is 4.12. The molecule has 20 heavy (non-hydrogen) atoms.